The zero-order valence-corrected chi connectivity index (χ0v) is 16.3. The van der Waals surface area contributed by atoms with Gasteiger partial charge in [0.15, 0.2) is 23.0 Å². The molecule has 4 atom stereocenters. The topological polar surface area (TPSA) is 104 Å². The lowest BCUT2D eigenvalue weighted by Crippen LogP contribution is -2.53. The van der Waals surface area contributed by atoms with Gasteiger partial charge in [0.1, 0.15) is 12.2 Å². The van der Waals surface area contributed by atoms with Crippen LogP contribution in [0.25, 0.3) is 0 Å². The van der Waals surface area contributed by atoms with Gasteiger partial charge in [-0.3, -0.25) is 9.59 Å². The Balaban J connectivity index is 1.94. The number of aliphatic hydroxyl groups is 3. The molecule has 0 saturated carbocycles. The van der Waals surface area contributed by atoms with Crippen molar-refractivity contribution in [3.63, 3.8) is 0 Å². The van der Waals surface area contributed by atoms with Crippen molar-refractivity contribution < 1.29 is 29.6 Å². The van der Waals surface area contributed by atoms with E-state index >= 15 is 0 Å². The third-order valence-corrected chi connectivity index (χ3v) is 5.14. The molecule has 6 nitrogen and oxygen atoms in total. The molecule has 1 aliphatic rings. The number of aliphatic hydroxyl groups excluding tert-OH is 1. The van der Waals surface area contributed by atoms with E-state index in [4.69, 9.17) is 27.9 Å². The van der Waals surface area contributed by atoms with Crippen LogP contribution in [0.2, 0.25) is 10.0 Å². The summed E-state index contributed by atoms with van der Waals surface area (Å²) in [6.45, 7) is 1.24. The maximum Gasteiger partial charge on any atom is 0.197 e. The van der Waals surface area contributed by atoms with E-state index in [1.165, 1.54) is 55.5 Å². The standard InChI is InChI=1S/C20H18Cl2O6/c1-19(26)10-20(27,17(25)12-4-8-14(22)9-5-12)18(28-19)16(24)15(23)11-2-6-13(21)7-3-11/h2-9,16,18,24,26-27H,10H2,1H3/t16?,18-,19+,20-/m1/s1. The highest BCUT2D eigenvalue weighted by atomic mass is 35.5. The SMILES string of the molecule is C[C@@]1(O)C[C@@](O)(C(=O)c2ccc(Cl)cc2)[C@@H](C(O)C(=O)c2ccc(Cl)cc2)O1. The van der Waals surface area contributed by atoms with Crippen LogP contribution >= 0.6 is 23.2 Å². The highest BCUT2D eigenvalue weighted by molar-refractivity contribution is 6.31. The first-order chi connectivity index (χ1) is 13.0. The lowest BCUT2D eigenvalue weighted by molar-refractivity contribution is -0.194. The molecule has 0 spiro atoms. The molecular formula is C20H18Cl2O6. The highest BCUT2D eigenvalue weighted by Gasteiger charge is 2.60. The molecule has 1 heterocycles. The van der Waals surface area contributed by atoms with E-state index in [9.17, 15) is 24.9 Å². The minimum atomic E-state index is -2.32. The zero-order valence-electron chi connectivity index (χ0n) is 14.8. The minimum Gasteiger partial charge on any atom is -0.382 e. The summed E-state index contributed by atoms with van der Waals surface area (Å²) in [5.74, 6) is -3.49. The first kappa shape index (κ1) is 20.9. The smallest absolute Gasteiger partial charge is 0.197 e. The number of carbonyl (C=O) groups excluding carboxylic acids is 2. The lowest BCUT2D eigenvalue weighted by atomic mass is 9.81. The van der Waals surface area contributed by atoms with Crippen LogP contribution in [-0.2, 0) is 4.74 Å². The van der Waals surface area contributed by atoms with Gasteiger partial charge in [-0.1, -0.05) is 23.2 Å². The summed E-state index contributed by atoms with van der Waals surface area (Å²) in [6.07, 6.45) is -4.08. The van der Waals surface area contributed by atoms with E-state index in [1.807, 2.05) is 0 Å². The molecule has 1 saturated heterocycles. The maximum absolute atomic E-state index is 13.0. The Bertz CT molecular complexity index is 894. The number of ether oxygens (including phenoxy) is 1. The fourth-order valence-corrected chi connectivity index (χ4v) is 3.57. The normalized spacial score (nSPS) is 28.1. The Morgan fingerprint density at radius 3 is 1.96 bits per heavy atom. The van der Waals surface area contributed by atoms with Crippen molar-refractivity contribution in [1.29, 1.82) is 0 Å². The van der Waals surface area contributed by atoms with E-state index < -0.39 is 41.6 Å². The molecule has 3 N–H and O–H groups in total. The fraction of sp³-hybridized carbons (Fsp3) is 0.300. The molecule has 0 radical (unpaired) electrons. The Labute approximate surface area is 171 Å². The van der Waals surface area contributed by atoms with E-state index in [0.29, 0.717) is 10.0 Å². The van der Waals surface area contributed by atoms with Crippen LogP contribution < -0.4 is 0 Å². The molecule has 0 bridgehead atoms. The summed E-state index contributed by atoms with van der Waals surface area (Å²) in [5.41, 5.74) is -2.10. The first-order valence-corrected chi connectivity index (χ1v) is 9.20. The molecule has 148 valence electrons. The lowest BCUT2D eigenvalue weighted by Gasteiger charge is -2.29. The average molecular weight is 425 g/mol. The van der Waals surface area contributed by atoms with Gasteiger partial charge in [0.2, 0.25) is 0 Å². The molecule has 2 aromatic carbocycles. The number of hydrogen-bond donors (Lipinski definition) is 3. The van der Waals surface area contributed by atoms with Crippen molar-refractivity contribution in [2.45, 2.75) is 36.9 Å². The van der Waals surface area contributed by atoms with Gasteiger partial charge < -0.3 is 20.1 Å². The molecule has 1 aliphatic heterocycles. The van der Waals surface area contributed by atoms with E-state index in [-0.39, 0.29) is 11.1 Å². The van der Waals surface area contributed by atoms with E-state index in [1.54, 1.807) is 0 Å². The Hall–Kier alpha value is -1.80. The van der Waals surface area contributed by atoms with Crippen LogP contribution in [-0.4, -0.2) is 50.5 Å². The van der Waals surface area contributed by atoms with Crippen molar-refractivity contribution in [2.75, 3.05) is 0 Å². The van der Waals surface area contributed by atoms with Crippen molar-refractivity contribution >= 4 is 34.8 Å². The van der Waals surface area contributed by atoms with Crippen LogP contribution in [0.4, 0.5) is 0 Å². The number of rotatable bonds is 5. The van der Waals surface area contributed by atoms with Crippen molar-refractivity contribution in [1.82, 2.24) is 0 Å². The van der Waals surface area contributed by atoms with Gasteiger partial charge in [0.05, 0.1) is 0 Å². The molecule has 1 fully saturated rings. The summed E-state index contributed by atoms with van der Waals surface area (Å²) in [4.78, 5) is 25.6. The van der Waals surface area contributed by atoms with Crippen molar-refractivity contribution in [3.8, 4) is 0 Å². The van der Waals surface area contributed by atoms with Crippen LogP contribution in [0.1, 0.15) is 34.1 Å². The molecule has 0 amide bonds. The molecule has 8 heteroatoms. The van der Waals surface area contributed by atoms with Gasteiger partial charge in [-0.2, -0.15) is 0 Å². The summed E-state index contributed by atoms with van der Waals surface area (Å²) in [6, 6.07) is 11.5. The molecular weight excluding hydrogens is 407 g/mol. The predicted molar refractivity (Wildman–Crippen MR) is 103 cm³/mol. The van der Waals surface area contributed by atoms with E-state index in [0.717, 1.165) is 0 Å². The summed E-state index contributed by atoms with van der Waals surface area (Å²) < 4.78 is 5.32. The number of ketones is 2. The molecule has 2 aromatic rings. The number of Topliss-reactive ketones (excluding diaryl/α,β-unsaturated/α-hetero) is 2. The number of hydrogen-bond acceptors (Lipinski definition) is 6. The number of benzene rings is 2. The van der Waals surface area contributed by atoms with Gasteiger partial charge in [-0.05, 0) is 55.5 Å². The van der Waals surface area contributed by atoms with Crippen molar-refractivity contribution in [3.05, 3.63) is 69.7 Å². The molecule has 3 rings (SSSR count). The Morgan fingerprint density at radius 1 is 1.00 bits per heavy atom. The third-order valence-electron chi connectivity index (χ3n) is 4.63. The quantitative estimate of drug-likeness (QED) is 0.637. The van der Waals surface area contributed by atoms with Gasteiger partial charge in [0.25, 0.3) is 0 Å². The minimum absolute atomic E-state index is 0.101. The highest BCUT2D eigenvalue weighted by Crippen LogP contribution is 2.41. The second kappa shape index (κ2) is 7.55. The maximum atomic E-state index is 13.0. The Kier molecular flexibility index (Phi) is 5.64. The number of halogens is 2. The first-order valence-electron chi connectivity index (χ1n) is 8.44. The summed E-state index contributed by atoms with van der Waals surface area (Å²) in [7, 11) is 0. The summed E-state index contributed by atoms with van der Waals surface area (Å²) in [5, 5.41) is 32.8. The second-order valence-electron chi connectivity index (χ2n) is 6.97. The third kappa shape index (κ3) is 3.98. The van der Waals surface area contributed by atoms with Gasteiger partial charge in [-0.25, -0.2) is 0 Å². The van der Waals surface area contributed by atoms with Gasteiger partial charge in [-0.15, -0.1) is 0 Å². The molecule has 0 aromatic heterocycles. The van der Waals surface area contributed by atoms with E-state index in [2.05, 4.69) is 0 Å². The average Bonchev–Trinajstić information content (AvgIpc) is 2.91. The largest absolute Gasteiger partial charge is 0.382 e. The van der Waals surface area contributed by atoms with Crippen LogP contribution in [0.15, 0.2) is 48.5 Å². The van der Waals surface area contributed by atoms with Crippen LogP contribution in [0.5, 0.6) is 0 Å². The zero-order chi connectivity index (χ0) is 20.7. The van der Waals surface area contributed by atoms with Crippen molar-refractivity contribution in [2.24, 2.45) is 0 Å². The fourth-order valence-electron chi connectivity index (χ4n) is 3.32. The molecule has 28 heavy (non-hydrogen) atoms. The van der Waals surface area contributed by atoms with Crippen LogP contribution in [0.3, 0.4) is 0 Å². The monoisotopic (exact) mass is 424 g/mol. The predicted octanol–water partition coefficient (Wildman–Crippen LogP) is 2.65. The van der Waals surface area contributed by atoms with Crippen LogP contribution in [0, 0.1) is 0 Å². The Morgan fingerprint density at radius 2 is 1.46 bits per heavy atom. The van der Waals surface area contributed by atoms with Gasteiger partial charge in [0, 0.05) is 27.6 Å². The molecule has 1 unspecified atom stereocenters. The number of carbonyl (C=O) groups is 2. The molecule has 0 aliphatic carbocycles. The second-order valence-corrected chi connectivity index (χ2v) is 7.84. The van der Waals surface area contributed by atoms with Gasteiger partial charge >= 0.3 is 0 Å². The summed E-state index contributed by atoms with van der Waals surface area (Å²) >= 11 is 11.6.